The first-order chi connectivity index (χ1) is 13.9. The monoisotopic (exact) mass is 408 g/mol. The molecule has 0 spiro atoms. The molecule has 0 unspecified atom stereocenters. The van der Waals surface area contributed by atoms with Gasteiger partial charge in [0.25, 0.3) is 11.8 Å². The van der Waals surface area contributed by atoms with Gasteiger partial charge in [-0.2, -0.15) is 5.10 Å². The molecule has 1 aliphatic heterocycles. The van der Waals surface area contributed by atoms with Crippen LogP contribution in [0.25, 0.3) is 0 Å². The lowest BCUT2D eigenvalue weighted by Gasteiger charge is -2.27. The Morgan fingerprint density at radius 1 is 1.10 bits per heavy atom. The molecule has 0 bridgehead atoms. The van der Waals surface area contributed by atoms with Crippen LogP contribution in [-0.2, 0) is 13.1 Å². The van der Waals surface area contributed by atoms with Crippen molar-refractivity contribution in [3.8, 4) is 0 Å². The third-order valence-corrected chi connectivity index (χ3v) is 5.36. The van der Waals surface area contributed by atoms with Gasteiger partial charge in [-0.1, -0.05) is 29.8 Å². The largest absolute Gasteiger partial charge is 0.331 e. The van der Waals surface area contributed by atoms with Crippen molar-refractivity contribution in [3.05, 3.63) is 81.6 Å². The van der Waals surface area contributed by atoms with Gasteiger partial charge in [-0.15, -0.1) is 0 Å². The average molecular weight is 409 g/mol. The van der Waals surface area contributed by atoms with Gasteiger partial charge in [0, 0.05) is 29.9 Å². The van der Waals surface area contributed by atoms with Crippen molar-refractivity contribution in [1.29, 1.82) is 0 Å². The SMILES string of the molecule is Cc1ccc(NC(=O)c2cc3n(n2)CCN(Cc2cccc(Cl)c2)C3=O)cc1C. The maximum Gasteiger partial charge on any atom is 0.276 e. The van der Waals surface area contributed by atoms with Crippen molar-refractivity contribution in [2.24, 2.45) is 0 Å². The number of nitrogens with zero attached hydrogens (tertiary/aromatic N) is 3. The number of anilines is 1. The van der Waals surface area contributed by atoms with Gasteiger partial charge in [0.1, 0.15) is 5.69 Å². The van der Waals surface area contributed by atoms with Crippen LogP contribution in [0.1, 0.15) is 37.7 Å². The molecule has 4 rings (SSSR count). The van der Waals surface area contributed by atoms with Gasteiger partial charge in [-0.25, -0.2) is 0 Å². The molecule has 2 amide bonds. The lowest BCUT2D eigenvalue weighted by Crippen LogP contribution is -2.39. The highest BCUT2D eigenvalue weighted by molar-refractivity contribution is 6.30. The minimum atomic E-state index is -0.329. The van der Waals surface area contributed by atoms with Crippen molar-refractivity contribution in [3.63, 3.8) is 0 Å². The quantitative estimate of drug-likeness (QED) is 0.707. The van der Waals surface area contributed by atoms with Crippen LogP contribution in [0.2, 0.25) is 5.02 Å². The molecule has 6 nitrogen and oxygen atoms in total. The van der Waals surface area contributed by atoms with E-state index in [0.717, 1.165) is 16.7 Å². The molecule has 0 radical (unpaired) electrons. The molecule has 2 heterocycles. The van der Waals surface area contributed by atoms with E-state index < -0.39 is 0 Å². The zero-order valence-corrected chi connectivity index (χ0v) is 17.0. The Morgan fingerprint density at radius 3 is 2.69 bits per heavy atom. The number of carbonyl (C=O) groups is 2. The third kappa shape index (κ3) is 4.03. The second-order valence-corrected chi connectivity index (χ2v) is 7.68. The van der Waals surface area contributed by atoms with Crippen LogP contribution >= 0.6 is 11.6 Å². The van der Waals surface area contributed by atoms with Gasteiger partial charge in [0.05, 0.1) is 6.54 Å². The van der Waals surface area contributed by atoms with Gasteiger partial charge >= 0.3 is 0 Å². The summed E-state index contributed by atoms with van der Waals surface area (Å²) in [5.41, 5.74) is 4.58. The Hall–Kier alpha value is -3.12. The molecule has 3 aromatic rings. The van der Waals surface area contributed by atoms with E-state index in [2.05, 4.69) is 10.4 Å². The molecule has 0 saturated carbocycles. The molecule has 1 aliphatic rings. The number of rotatable bonds is 4. The molecule has 0 fully saturated rings. The summed E-state index contributed by atoms with van der Waals surface area (Å²) < 4.78 is 1.60. The molecule has 1 N–H and O–H groups in total. The highest BCUT2D eigenvalue weighted by Crippen LogP contribution is 2.20. The lowest BCUT2D eigenvalue weighted by atomic mass is 10.1. The molecule has 0 aliphatic carbocycles. The third-order valence-electron chi connectivity index (χ3n) is 5.13. The number of aryl methyl sites for hydroxylation is 2. The van der Waals surface area contributed by atoms with E-state index in [4.69, 9.17) is 11.6 Å². The lowest BCUT2D eigenvalue weighted by molar-refractivity contribution is 0.0683. The summed E-state index contributed by atoms with van der Waals surface area (Å²) in [7, 11) is 0. The fourth-order valence-electron chi connectivity index (χ4n) is 3.37. The Labute approximate surface area is 174 Å². The van der Waals surface area contributed by atoms with Crippen LogP contribution in [0.3, 0.4) is 0 Å². The summed E-state index contributed by atoms with van der Waals surface area (Å²) in [4.78, 5) is 27.2. The van der Waals surface area contributed by atoms with E-state index >= 15 is 0 Å². The number of nitrogens with one attached hydrogen (secondary N) is 1. The van der Waals surface area contributed by atoms with Crippen LogP contribution < -0.4 is 5.32 Å². The normalized spacial score (nSPS) is 13.3. The van der Waals surface area contributed by atoms with Gasteiger partial charge < -0.3 is 10.2 Å². The van der Waals surface area contributed by atoms with Crippen molar-refractivity contribution >= 4 is 29.1 Å². The number of aromatic nitrogens is 2. The summed E-state index contributed by atoms with van der Waals surface area (Å²) in [6.45, 7) is 5.55. The number of fused-ring (bicyclic) bond motifs is 1. The Kier molecular flexibility index (Phi) is 5.11. The van der Waals surface area contributed by atoms with Crippen LogP contribution in [0, 0.1) is 13.8 Å². The zero-order valence-electron chi connectivity index (χ0n) is 16.3. The number of amides is 2. The maximum absolute atomic E-state index is 12.9. The smallest absolute Gasteiger partial charge is 0.276 e. The molecular weight excluding hydrogens is 388 g/mol. The molecule has 1 aromatic heterocycles. The summed E-state index contributed by atoms with van der Waals surface area (Å²) in [5, 5.41) is 7.82. The summed E-state index contributed by atoms with van der Waals surface area (Å²) in [6, 6.07) is 14.7. The van der Waals surface area contributed by atoms with E-state index in [1.165, 1.54) is 0 Å². The van der Waals surface area contributed by atoms with Gasteiger partial charge in [0.2, 0.25) is 0 Å². The van der Waals surface area contributed by atoms with Gasteiger partial charge in [0.15, 0.2) is 5.69 Å². The van der Waals surface area contributed by atoms with Crippen LogP contribution in [0.4, 0.5) is 5.69 Å². The second kappa shape index (κ2) is 7.72. The van der Waals surface area contributed by atoms with Crippen LogP contribution in [0.5, 0.6) is 0 Å². The van der Waals surface area contributed by atoms with Crippen molar-refractivity contribution in [2.45, 2.75) is 26.9 Å². The van der Waals surface area contributed by atoms with E-state index in [0.29, 0.717) is 36.0 Å². The minimum absolute atomic E-state index is 0.144. The maximum atomic E-state index is 12.9. The topological polar surface area (TPSA) is 67.2 Å². The predicted octanol–water partition coefficient (Wildman–Crippen LogP) is 4.06. The first-order valence-corrected chi connectivity index (χ1v) is 9.79. The number of benzene rings is 2. The number of hydrogen-bond donors (Lipinski definition) is 1. The first-order valence-electron chi connectivity index (χ1n) is 9.41. The Bertz CT molecular complexity index is 1110. The molecular formula is C22H21ClN4O2. The molecule has 148 valence electrons. The van der Waals surface area contributed by atoms with Gasteiger partial charge in [-0.05, 0) is 54.8 Å². The fourth-order valence-corrected chi connectivity index (χ4v) is 3.58. The van der Waals surface area contributed by atoms with Crippen molar-refractivity contribution < 1.29 is 9.59 Å². The molecule has 29 heavy (non-hydrogen) atoms. The number of halogens is 1. The highest BCUT2D eigenvalue weighted by atomic mass is 35.5. The predicted molar refractivity (Wildman–Crippen MR) is 112 cm³/mol. The summed E-state index contributed by atoms with van der Waals surface area (Å²) >= 11 is 6.04. The number of hydrogen-bond acceptors (Lipinski definition) is 3. The number of carbonyl (C=O) groups excluding carboxylic acids is 2. The van der Waals surface area contributed by atoms with Crippen molar-refractivity contribution in [1.82, 2.24) is 14.7 Å². The van der Waals surface area contributed by atoms with E-state index in [1.807, 2.05) is 50.2 Å². The Morgan fingerprint density at radius 2 is 1.93 bits per heavy atom. The second-order valence-electron chi connectivity index (χ2n) is 7.25. The zero-order chi connectivity index (χ0) is 20.5. The highest BCUT2D eigenvalue weighted by Gasteiger charge is 2.28. The molecule has 2 aromatic carbocycles. The minimum Gasteiger partial charge on any atom is -0.331 e. The average Bonchev–Trinajstić information content (AvgIpc) is 3.12. The van der Waals surface area contributed by atoms with E-state index in [9.17, 15) is 9.59 Å². The standard InChI is InChI=1S/C22H21ClN4O2/c1-14-6-7-18(10-15(14)2)24-21(28)19-12-20-22(29)26(8-9-27(20)25-19)13-16-4-3-5-17(23)11-16/h3-7,10-12H,8-9,13H2,1-2H3,(H,24,28). The molecule has 0 atom stereocenters. The van der Waals surface area contributed by atoms with E-state index in [-0.39, 0.29) is 17.5 Å². The Balaban J connectivity index is 1.50. The van der Waals surface area contributed by atoms with Crippen LogP contribution in [-0.4, -0.2) is 33.0 Å². The molecule has 7 heteroatoms. The summed E-state index contributed by atoms with van der Waals surface area (Å²) in [5.74, 6) is -0.474. The van der Waals surface area contributed by atoms with Crippen molar-refractivity contribution in [2.75, 3.05) is 11.9 Å². The first kappa shape index (κ1) is 19.2. The fraction of sp³-hybridized carbons (Fsp3) is 0.227. The molecule has 0 saturated heterocycles. The summed E-state index contributed by atoms with van der Waals surface area (Å²) in [6.07, 6.45) is 0. The van der Waals surface area contributed by atoms with Gasteiger partial charge in [-0.3, -0.25) is 14.3 Å². The van der Waals surface area contributed by atoms with E-state index in [1.54, 1.807) is 21.7 Å². The van der Waals surface area contributed by atoms with Crippen LogP contribution in [0.15, 0.2) is 48.5 Å².